The molecule has 1 aromatic heterocycles. The zero-order chi connectivity index (χ0) is 21.7. The van der Waals surface area contributed by atoms with Gasteiger partial charge in [0.25, 0.3) is 5.91 Å². The van der Waals surface area contributed by atoms with Crippen molar-refractivity contribution in [3.8, 4) is 0 Å². The van der Waals surface area contributed by atoms with E-state index in [1.165, 1.54) is 4.68 Å². The molecular weight excluding hydrogens is 388 g/mol. The Balaban J connectivity index is 1.67. The minimum absolute atomic E-state index is 0.00774. The molecule has 3 rings (SSSR count). The van der Waals surface area contributed by atoms with Crippen LogP contribution in [0.3, 0.4) is 0 Å². The summed E-state index contributed by atoms with van der Waals surface area (Å²) in [5, 5.41) is 17.9. The summed E-state index contributed by atoms with van der Waals surface area (Å²) in [5.74, 6) is -0.430. The molecule has 0 radical (unpaired) electrons. The van der Waals surface area contributed by atoms with Crippen molar-refractivity contribution in [2.24, 2.45) is 7.05 Å². The number of carbonyl (C=O) groups is 2. The van der Waals surface area contributed by atoms with Crippen LogP contribution in [0, 0.1) is 6.92 Å². The van der Waals surface area contributed by atoms with Crippen LogP contribution in [0.1, 0.15) is 34.8 Å². The van der Waals surface area contributed by atoms with Gasteiger partial charge in [0.15, 0.2) is 0 Å². The molecule has 0 spiro atoms. The number of hydrogen-bond acceptors (Lipinski definition) is 6. The summed E-state index contributed by atoms with van der Waals surface area (Å²) < 4.78 is 12.2. The lowest BCUT2D eigenvalue weighted by atomic mass is 10.00. The maximum absolute atomic E-state index is 12.4. The Kier molecular flexibility index (Phi) is 7.20. The zero-order valence-electron chi connectivity index (χ0n) is 17.5. The number of carbonyl (C=O) groups excluding carboxylic acids is 2. The standard InChI is InChI=1S/C21H28N4O5/c1-4-29-10-9-25-18(12-30-13-19(25)26)20(27)15-5-7-16(8-6-15)22-21(28)17-11-14(2)23-24(17)3/h5-8,11,18,20,27H,4,9-10,12-13H2,1-3H3,(H,22,28)/t18-,20-/m1/s1. The van der Waals surface area contributed by atoms with E-state index in [0.717, 1.165) is 5.69 Å². The molecule has 2 N–H and O–H groups in total. The van der Waals surface area contributed by atoms with Crippen LogP contribution < -0.4 is 5.32 Å². The lowest BCUT2D eigenvalue weighted by Crippen LogP contribution is -2.53. The summed E-state index contributed by atoms with van der Waals surface area (Å²) in [6.45, 7) is 5.34. The molecule has 2 aromatic rings. The lowest BCUT2D eigenvalue weighted by molar-refractivity contribution is -0.155. The van der Waals surface area contributed by atoms with Gasteiger partial charge in [-0.05, 0) is 37.6 Å². The average molecular weight is 416 g/mol. The molecule has 9 nitrogen and oxygen atoms in total. The van der Waals surface area contributed by atoms with E-state index >= 15 is 0 Å². The average Bonchev–Trinajstić information content (AvgIpc) is 3.07. The maximum atomic E-state index is 12.4. The predicted molar refractivity (Wildman–Crippen MR) is 110 cm³/mol. The Hall–Kier alpha value is -2.75. The molecule has 0 bridgehead atoms. The van der Waals surface area contributed by atoms with Gasteiger partial charge in [-0.1, -0.05) is 12.1 Å². The van der Waals surface area contributed by atoms with E-state index in [1.807, 2.05) is 13.8 Å². The molecule has 1 saturated heterocycles. The van der Waals surface area contributed by atoms with Crippen LogP contribution in [0.5, 0.6) is 0 Å². The molecule has 9 heteroatoms. The van der Waals surface area contributed by atoms with Gasteiger partial charge in [0.2, 0.25) is 5.91 Å². The van der Waals surface area contributed by atoms with Crippen molar-refractivity contribution in [1.82, 2.24) is 14.7 Å². The summed E-state index contributed by atoms with van der Waals surface area (Å²) >= 11 is 0. The summed E-state index contributed by atoms with van der Waals surface area (Å²) in [7, 11) is 1.71. The minimum Gasteiger partial charge on any atom is -0.386 e. The molecule has 1 aromatic carbocycles. The van der Waals surface area contributed by atoms with Crippen LogP contribution >= 0.6 is 0 Å². The summed E-state index contributed by atoms with van der Waals surface area (Å²) in [5.41, 5.74) is 2.45. The number of nitrogens with zero attached hydrogens (tertiary/aromatic N) is 3. The SMILES string of the molecule is CCOCCN1C(=O)COC[C@@H]1[C@H](O)c1ccc(NC(=O)c2cc(C)nn2C)cc1. The van der Waals surface area contributed by atoms with Crippen LogP contribution in [-0.2, 0) is 21.3 Å². The first-order chi connectivity index (χ1) is 14.4. The second kappa shape index (κ2) is 9.84. The fourth-order valence-electron chi connectivity index (χ4n) is 3.49. The van der Waals surface area contributed by atoms with E-state index in [1.54, 1.807) is 42.3 Å². The highest BCUT2D eigenvalue weighted by atomic mass is 16.5. The molecule has 2 amide bonds. The Bertz CT molecular complexity index is 880. The number of ether oxygens (including phenoxy) is 2. The maximum Gasteiger partial charge on any atom is 0.273 e. The summed E-state index contributed by atoms with van der Waals surface area (Å²) in [6, 6.07) is 8.11. The minimum atomic E-state index is -0.916. The van der Waals surface area contributed by atoms with Crippen molar-refractivity contribution in [2.45, 2.75) is 26.0 Å². The number of benzene rings is 1. The molecular formula is C21H28N4O5. The number of morpholine rings is 1. The first-order valence-electron chi connectivity index (χ1n) is 9.95. The van der Waals surface area contributed by atoms with Crippen molar-refractivity contribution >= 4 is 17.5 Å². The van der Waals surface area contributed by atoms with Crippen molar-refractivity contribution in [3.05, 3.63) is 47.3 Å². The number of aromatic nitrogens is 2. The molecule has 2 heterocycles. The van der Waals surface area contributed by atoms with Crippen molar-refractivity contribution < 1.29 is 24.2 Å². The summed E-state index contributed by atoms with van der Waals surface area (Å²) in [4.78, 5) is 26.3. The molecule has 1 fully saturated rings. The van der Waals surface area contributed by atoms with Crippen molar-refractivity contribution in [1.29, 1.82) is 0 Å². The number of anilines is 1. The van der Waals surface area contributed by atoms with Gasteiger partial charge in [0.1, 0.15) is 18.4 Å². The van der Waals surface area contributed by atoms with Gasteiger partial charge in [-0.15, -0.1) is 0 Å². The quantitative estimate of drug-likeness (QED) is 0.628. The smallest absolute Gasteiger partial charge is 0.273 e. The van der Waals surface area contributed by atoms with Crippen LogP contribution in [0.2, 0.25) is 0 Å². The van der Waals surface area contributed by atoms with Crippen LogP contribution in [0.25, 0.3) is 0 Å². The van der Waals surface area contributed by atoms with Crippen LogP contribution in [-0.4, -0.2) is 70.6 Å². The van der Waals surface area contributed by atoms with Gasteiger partial charge in [-0.25, -0.2) is 0 Å². The second-order valence-electron chi connectivity index (χ2n) is 7.18. The highest BCUT2D eigenvalue weighted by molar-refractivity contribution is 6.03. The van der Waals surface area contributed by atoms with E-state index in [-0.39, 0.29) is 25.0 Å². The van der Waals surface area contributed by atoms with Gasteiger partial charge in [-0.2, -0.15) is 5.10 Å². The summed E-state index contributed by atoms with van der Waals surface area (Å²) in [6.07, 6.45) is -0.916. The van der Waals surface area contributed by atoms with Crippen molar-refractivity contribution in [2.75, 3.05) is 38.3 Å². The molecule has 2 atom stereocenters. The Morgan fingerprint density at radius 1 is 1.40 bits per heavy atom. The number of nitrogens with one attached hydrogen (secondary N) is 1. The van der Waals surface area contributed by atoms with Crippen LogP contribution in [0.4, 0.5) is 5.69 Å². The number of rotatable bonds is 8. The van der Waals surface area contributed by atoms with Gasteiger partial charge in [0.05, 0.1) is 24.9 Å². The lowest BCUT2D eigenvalue weighted by Gasteiger charge is -2.38. The normalized spacial score (nSPS) is 17.8. The fourth-order valence-corrected chi connectivity index (χ4v) is 3.49. The monoisotopic (exact) mass is 416 g/mol. The topological polar surface area (TPSA) is 106 Å². The van der Waals surface area contributed by atoms with E-state index in [4.69, 9.17) is 9.47 Å². The highest BCUT2D eigenvalue weighted by Gasteiger charge is 2.34. The third kappa shape index (κ3) is 5.05. The number of aliphatic hydroxyl groups is 1. The van der Waals surface area contributed by atoms with Gasteiger partial charge >= 0.3 is 0 Å². The van der Waals surface area contributed by atoms with Gasteiger partial charge in [-0.3, -0.25) is 14.3 Å². The molecule has 1 aliphatic rings. The Morgan fingerprint density at radius 2 is 2.13 bits per heavy atom. The molecule has 1 aliphatic heterocycles. The highest BCUT2D eigenvalue weighted by Crippen LogP contribution is 2.25. The van der Waals surface area contributed by atoms with Crippen LogP contribution in [0.15, 0.2) is 30.3 Å². The van der Waals surface area contributed by atoms with E-state index in [0.29, 0.717) is 36.7 Å². The number of aliphatic hydroxyl groups excluding tert-OH is 1. The Morgan fingerprint density at radius 3 is 2.77 bits per heavy atom. The number of hydrogen-bond donors (Lipinski definition) is 2. The number of amides is 2. The largest absolute Gasteiger partial charge is 0.386 e. The first kappa shape index (κ1) is 21.9. The second-order valence-corrected chi connectivity index (χ2v) is 7.18. The Labute approximate surface area is 175 Å². The predicted octanol–water partition coefficient (Wildman–Crippen LogP) is 1.28. The third-order valence-electron chi connectivity index (χ3n) is 5.02. The van der Waals surface area contributed by atoms with Crippen molar-refractivity contribution in [3.63, 3.8) is 0 Å². The number of aryl methyl sites for hydroxylation is 2. The van der Waals surface area contributed by atoms with E-state index < -0.39 is 12.1 Å². The van der Waals surface area contributed by atoms with Gasteiger partial charge < -0.3 is 24.8 Å². The molecule has 30 heavy (non-hydrogen) atoms. The molecule has 0 unspecified atom stereocenters. The first-order valence-corrected chi connectivity index (χ1v) is 9.95. The third-order valence-corrected chi connectivity index (χ3v) is 5.02. The van der Waals surface area contributed by atoms with E-state index in [9.17, 15) is 14.7 Å². The molecule has 0 saturated carbocycles. The molecule has 162 valence electrons. The molecule has 0 aliphatic carbocycles. The zero-order valence-corrected chi connectivity index (χ0v) is 17.5. The van der Waals surface area contributed by atoms with E-state index in [2.05, 4.69) is 10.4 Å². The van der Waals surface area contributed by atoms with Gasteiger partial charge in [0, 0.05) is 25.9 Å². The fraction of sp³-hybridized carbons (Fsp3) is 0.476.